The summed E-state index contributed by atoms with van der Waals surface area (Å²) in [5.74, 6) is -3.38. The molecule has 2 rings (SSSR count). The third kappa shape index (κ3) is 23.5. The highest BCUT2D eigenvalue weighted by Crippen LogP contribution is 2.22. The first-order valence-electron chi connectivity index (χ1n) is 15.8. The van der Waals surface area contributed by atoms with E-state index in [1.807, 2.05) is 33.2 Å². The second-order valence-electron chi connectivity index (χ2n) is 11.1. The summed E-state index contributed by atoms with van der Waals surface area (Å²) in [5.41, 5.74) is 9.91. The number of rotatable bonds is 20. The van der Waals surface area contributed by atoms with E-state index in [1.54, 1.807) is 0 Å². The van der Waals surface area contributed by atoms with E-state index in [4.69, 9.17) is 30.9 Å². The summed E-state index contributed by atoms with van der Waals surface area (Å²) in [7, 11) is 4.09. The molecular formula is C33H51N5O10. The van der Waals surface area contributed by atoms with Crippen molar-refractivity contribution in [1.82, 2.24) is 14.9 Å². The number of carboxylic acid groups (broad SMARTS) is 4. The van der Waals surface area contributed by atoms with Crippen LogP contribution in [0.3, 0.4) is 0 Å². The number of hydrogen-bond donors (Lipinski definition) is 6. The van der Waals surface area contributed by atoms with Crippen molar-refractivity contribution < 1.29 is 49.1 Å². The normalized spacial score (nSPS) is 10.2. The molecule has 48 heavy (non-hydrogen) atoms. The first kappa shape index (κ1) is 43.2. The quantitative estimate of drug-likeness (QED) is 0.0861. The van der Waals surface area contributed by atoms with Gasteiger partial charge in [0.15, 0.2) is 0 Å². The zero-order chi connectivity index (χ0) is 36.5. The molecular weight excluding hydrogens is 626 g/mol. The molecule has 268 valence electrons. The van der Waals surface area contributed by atoms with Crippen molar-refractivity contribution in [3.8, 4) is 0 Å². The maximum Gasteiger partial charge on any atom is 0.310 e. The van der Waals surface area contributed by atoms with E-state index >= 15 is 0 Å². The molecule has 0 saturated carbocycles. The zero-order valence-electron chi connectivity index (χ0n) is 28.4. The Morgan fingerprint density at radius 3 is 1.79 bits per heavy atom. The third-order valence-corrected chi connectivity index (χ3v) is 6.42. The highest BCUT2D eigenvalue weighted by atomic mass is 16.5. The van der Waals surface area contributed by atoms with Gasteiger partial charge in [-0.3, -0.25) is 24.0 Å². The number of nitrogens with one attached hydrogen (secondary N) is 1. The van der Waals surface area contributed by atoms with Gasteiger partial charge in [-0.05, 0) is 58.0 Å². The predicted octanol–water partition coefficient (Wildman–Crippen LogP) is 3.86. The molecule has 0 aliphatic rings. The molecule has 15 nitrogen and oxygen atoms in total. The Morgan fingerprint density at radius 1 is 0.792 bits per heavy atom. The van der Waals surface area contributed by atoms with E-state index in [0.29, 0.717) is 25.4 Å². The van der Waals surface area contributed by atoms with Crippen LogP contribution in [0, 0.1) is 6.92 Å². The van der Waals surface area contributed by atoms with Crippen LogP contribution in [-0.4, -0.2) is 98.9 Å². The number of carboxylic acids is 4. The number of benzene rings is 1. The van der Waals surface area contributed by atoms with Crippen LogP contribution in [0.5, 0.6) is 0 Å². The lowest BCUT2D eigenvalue weighted by molar-refractivity contribution is -0.143. The van der Waals surface area contributed by atoms with Gasteiger partial charge in [-0.15, -0.1) is 0 Å². The van der Waals surface area contributed by atoms with Gasteiger partial charge in [-0.25, -0.2) is 4.98 Å². The molecule has 2 aromatic rings. The lowest BCUT2D eigenvalue weighted by Gasteiger charge is -2.14. The van der Waals surface area contributed by atoms with Crippen molar-refractivity contribution >= 4 is 41.6 Å². The average Bonchev–Trinajstić information content (AvgIpc) is 3.00. The van der Waals surface area contributed by atoms with Gasteiger partial charge in [0.1, 0.15) is 5.82 Å². The smallest absolute Gasteiger partial charge is 0.310 e. The average molecular weight is 678 g/mol. The Labute approximate surface area is 281 Å². The van der Waals surface area contributed by atoms with Crippen molar-refractivity contribution in [1.29, 1.82) is 0 Å². The van der Waals surface area contributed by atoms with Gasteiger partial charge in [0, 0.05) is 24.2 Å². The number of unbranched alkanes of at least 4 members (excludes halogenated alkanes) is 3. The van der Waals surface area contributed by atoms with Crippen LogP contribution in [0.2, 0.25) is 0 Å². The lowest BCUT2D eigenvalue weighted by Crippen LogP contribution is -2.14. The minimum Gasteiger partial charge on any atom is -0.481 e. The molecule has 0 aliphatic heterocycles. The van der Waals surface area contributed by atoms with Crippen molar-refractivity contribution in [2.75, 3.05) is 44.8 Å². The molecule has 0 aliphatic carbocycles. The van der Waals surface area contributed by atoms with Crippen molar-refractivity contribution in [2.45, 2.75) is 84.5 Å². The molecule has 1 heterocycles. The van der Waals surface area contributed by atoms with E-state index in [0.717, 1.165) is 60.6 Å². The molecule has 7 N–H and O–H groups in total. The first-order valence-corrected chi connectivity index (χ1v) is 15.8. The van der Waals surface area contributed by atoms with Gasteiger partial charge in [-0.2, -0.15) is 4.98 Å². The standard InChI is InChI=1S/C25H39N5O2.2C4H6O4/c1-5-6-7-14-27-24-22(19(2)28-25(26)29-24)17-20-10-12-21(13-11-20)18-23(31)32-16-9-8-15-30(3)4;2*5-3(6)1-2-4(7)8/h10-13H,5-9,14-18H2,1-4H3,(H3,26,27,28,29);2*1-2H2,(H,5,6)(H,7,8). The third-order valence-electron chi connectivity index (χ3n) is 6.42. The van der Waals surface area contributed by atoms with E-state index in [9.17, 15) is 24.0 Å². The summed E-state index contributed by atoms with van der Waals surface area (Å²) in [6, 6.07) is 8.08. The number of carbonyl (C=O) groups is 5. The number of hydrogen-bond acceptors (Lipinski definition) is 11. The minimum absolute atomic E-state index is 0.177. The van der Waals surface area contributed by atoms with Crippen LogP contribution in [0.1, 0.15) is 87.1 Å². The van der Waals surface area contributed by atoms with Crippen LogP contribution in [0.15, 0.2) is 24.3 Å². The molecule has 0 amide bonds. The van der Waals surface area contributed by atoms with E-state index in [-0.39, 0.29) is 31.7 Å². The molecule has 0 spiro atoms. The van der Waals surface area contributed by atoms with Gasteiger partial charge < -0.3 is 41.1 Å². The van der Waals surface area contributed by atoms with Crippen molar-refractivity contribution in [2.24, 2.45) is 0 Å². The van der Waals surface area contributed by atoms with Gasteiger partial charge in [0.05, 0.1) is 38.7 Å². The fourth-order valence-electron chi connectivity index (χ4n) is 3.90. The largest absolute Gasteiger partial charge is 0.481 e. The Balaban J connectivity index is 0.00000113. The van der Waals surface area contributed by atoms with Crippen LogP contribution >= 0.6 is 0 Å². The van der Waals surface area contributed by atoms with E-state index in [2.05, 4.69) is 39.2 Å². The SMILES string of the molecule is CCCCCNc1nc(N)nc(C)c1Cc1ccc(CC(=O)OCCCCN(C)C)cc1.O=C(O)CCC(=O)O.O=C(O)CCC(=O)O. The molecule has 0 bridgehead atoms. The van der Waals surface area contributed by atoms with Crippen LogP contribution in [-0.2, 0) is 41.6 Å². The molecule has 0 radical (unpaired) electrons. The number of nitrogens with two attached hydrogens (primary N) is 1. The van der Waals surface area contributed by atoms with Gasteiger partial charge >= 0.3 is 29.8 Å². The predicted molar refractivity (Wildman–Crippen MR) is 180 cm³/mol. The van der Waals surface area contributed by atoms with Crippen molar-refractivity contribution in [3.63, 3.8) is 0 Å². The number of anilines is 2. The summed E-state index contributed by atoms with van der Waals surface area (Å²) in [6.45, 7) is 6.51. The Bertz CT molecular complexity index is 1230. The van der Waals surface area contributed by atoms with Gasteiger partial charge in [0.25, 0.3) is 0 Å². The number of nitrogen functional groups attached to an aromatic ring is 1. The topological polar surface area (TPSA) is 243 Å². The summed E-state index contributed by atoms with van der Waals surface area (Å²) >= 11 is 0. The highest BCUT2D eigenvalue weighted by molar-refractivity contribution is 5.75. The van der Waals surface area contributed by atoms with Crippen LogP contribution < -0.4 is 11.1 Å². The second-order valence-corrected chi connectivity index (χ2v) is 11.1. The number of nitrogens with zero attached hydrogens (tertiary/aromatic N) is 3. The Kier molecular flexibility index (Phi) is 22.8. The number of esters is 1. The molecule has 15 heteroatoms. The molecule has 1 aromatic heterocycles. The minimum atomic E-state index is -1.08. The molecule has 0 fully saturated rings. The van der Waals surface area contributed by atoms with Gasteiger partial charge in [0.2, 0.25) is 5.95 Å². The molecule has 0 unspecified atom stereocenters. The fraction of sp³-hybridized carbons (Fsp3) is 0.545. The van der Waals surface area contributed by atoms with Crippen LogP contribution in [0.4, 0.5) is 11.8 Å². The summed E-state index contributed by atoms with van der Waals surface area (Å²) in [5, 5.41) is 35.0. The number of ether oxygens (including phenoxy) is 1. The van der Waals surface area contributed by atoms with Crippen LogP contribution in [0.25, 0.3) is 0 Å². The highest BCUT2D eigenvalue weighted by Gasteiger charge is 2.12. The fourth-order valence-corrected chi connectivity index (χ4v) is 3.90. The zero-order valence-corrected chi connectivity index (χ0v) is 28.4. The Morgan fingerprint density at radius 2 is 1.31 bits per heavy atom. The summed E-state index contributed by atoms with van der Waals surface area (Å²) < 4.78 is 5.36. The molecule has 0 saturated heterocycles. The first-order chi connectivity index (χ1) is 22.6. The number of aliphatic carboxylic acids is 4. The maximum atomic E-state index is 12.1. The van der Waals surface area contributed by atoms with E-state index < -0.39 is 23.9 Å². The summed E-state index contributed by atoms with van der Waals surface area (Å²) in [4.78, 5) is 61.6. The summed E-state index contributed by atoms with van der Waals surface area (Å²) in [6.07, 6.45) is 5.19. The molecule has 0 atom stereocenters. The van der Waals surface area contributed by atoms with Gasteiger partial charge in [-0.1, -0.05) is 44.0 Å². The Hall–Kier alpha value is -4.79. The van der Waals surface area contributed by atoms with E-state index in [1.165, 1.54) is 12.8 Å². The number of carbonyl (C=O) groups excluding carboxylic acids is 1. The lowest BCUT2D eigenvalue weighted by atomic mass is 10.0. The maximum absolute atomic E-state index is 12.1. The second kappa shape index (κ2) is 25.3. The number of aromatic nitrogens is 2. The van der Waals surface area contributed by atoms with Crippen molar-refractivity contribution in [3.05, 3.63) is 46.6 Å². The molecule has 1 aromatic carbocycles. The number of aryl methyl sites for hydroxylation is 1. The monoisotopic (exact) mass is 677 g/mol.